The van der Waals surface area contributed by atoms with Crippen molar-refractivity contribution in [3.05, 3.63) is 34.3 Å². The lowest BCUT2D eigenvalue weighted by Gasteiger charge is -2.38. The van der Waals surface area contributed by atoms with Crippen LogP contribution in [-0.4, -0.2) is 36.0 Å². The molecule has 1 aliphatic heterocycles. The van der Waals surface area contributed by atoms with Gasteiger partial charge in [-0.25, -0.2) is 0 Å². The van der Waals surface area contributed by atoms with Gasteiger partial charge < -0.3 is 10.2 Å². The lowest BCUT2D eigenvalue weighted by Crippen LogP contribution is -2.57. The standard InChI is InChI=1S/C15H19BrN2O/c16-12-6-4-11(5-7-12)10-15(19)18-9-8-17-13-2-1-3-14(13)18/h4-7,13-14,17H,1-3,8-10H2. The second-order valence-electron chi connectivity index (χ2n) is 5.45. The van der Waals surface area contributed by atoms with Gasteiger partial charge in [-0.1, -0.05) is 28.1 Å². The minimum Gasteiger partial charge on any atom is -0.337 e. The van der Waals surface area contributed by atoms with Gasteiger partial charge in [0.1, 0.15) is 0 Å². The van der Waals surface area contributed by atoms with Crippen LogP contribution in [-0.2, 0) is 11.2 Å². The fraction of sp³-hybridized carbons (Fsp3) is 0.533. The molecular weight excluding hydrogens is 304 g/mol. The number of amides is 1. The summed E-state index contributed by atoms with van der Waals surface area (Å²) in [6.45, 7) is 1.80. The van der Waals surface area contributed by atoms with Crippen molar-refractivity contribution in [1.82, 2.24) is 10.2 Å². The molecule has 1 aromatic carbocycles. The van der Waals surface area contributed by atoms with Crippen LogP contribution in [0.1, 0.15) is 24.8 Å². The minimum atomic E-state index is 0.278. The van der Waals surface area contributed by atoms with E-state index in [4.69, 9.17) is 0 Å². The maximum absolute atomic E-state index is 12.5. The van der Waals surface area contributed by atoms with Crippen LogP contribution in [0.25, 0.3) is 0 Å². The number of nitrogens with zero attached hydrogens (tertiary/aromatic N) is 1. The van der Waals surface area contributed by atoms with Gasteiger partial charge >= 0.3 is 0 Å². The molecule has 0 aromatic heterocycles. The number of benzene rings is 1. The first kappa shape index (κ1) is 13.1. The molecule has 1 heterocycles. The van der Waals surface area contributed by atoms with E-state index in [-0.39, 0.29) is 5.91 Å². The number of hydrogen-bond donors (Lipinski definition) is 1. The van der Waals surface area contributed by atoms with Crippen molar-refractivity contribution >= 4 is 21.8 Å². The average molecular weight is 323 g/mol. The molecule has 102 valence electrons. The smallest absolute Gasteiger partial charge is 0.227 e. The van der Waals surface area contributed by atoms with Crippen molar-refractivity contribution < 1.29 is 4.79 Å². The predicted octanol–water partition coefficient (Wildman–Crippen LogP) is 2.34. The summed E-state index contributed by atoms with van der Waals surface area (Å²) in [5, 5.41) is 3.54. The molecule has 19 heavy (non-hydrogen) atoms. The highest BCUT2D eigenvalue weighted by molar-refractivity contribution is 9.10. The summed E-state index contributed by atoms with van der Waals surface area (Å²) in [5.41, 5.74) is 1.10. The van der Waals surface area contributed by atoms with E-state index in [1.165, 1.54) is 12.8 Å². The summed E-state index contributed by atoms with van der Waals surface area (Å²) in [7, 11) is 0. The Morgan fingerprint density at radius 1 is 1.32 bits per heavy atom. The zero-order valence-electron chi connectivity index (χ0n) is 10.9. The third-order valence-electron chi connectivity index (χ3n) is 4.23. The lowest BCUT2D eigenvalue weighted by molar-refractivity contribution is -0.134. The van der Waals surface area contributed by atoms with Crippen LogP contribution in [0.5, 0.6) is 0 Å². The first-order valence-corrected chi connectivity index (χ1v) is 7.80. The third-order valence-corrected chi connectivity index (χ3v) is 4.76. The highest BCUT2D eigenvalue weighted by Crippen LogP contribution is 2.27. The van der Waals surface area contributed by atoms with E-state index in [1.807, 2.05) is 24.3 Å². The predicted molar refractivity (Wildman–Crippen MR) is 79.0 cm³/mol. The molecule has 0 bridgehead atoms. The van der Waals surface area contributed by atoms with E-state index in [1.54, 1.807) is 0 Å². The average Bonchev–Trinajstić information content (AvgIpc) is 2.89. The van der Waals surface area contributed by atoms with Crippen LogP contribution in [0.3, 0.4) is 0 Å². The number of carbonyl (C=O) groups is 1. The number of carbonyl (C=O) groups excluding carboxylic acids is 1. The Morgan fingerprint density at radius 3 is 2.89 bits per heavy atom. The van der Waals surface area contributed by atoms with Crippen molar-refractivity contribution in [2.24, 2.45) is 0 Å². The molecule has 4 heteroatoms. The Balaban J connectivity index is 1.67. The maximum atomic E-state index is 12.5. The zero-order valence-corrected chi connectivity index (χ0v) is 12.5. The van der Waals surface area contributed by atoms with Gasteiger partial charge in [0.15, 0.2) is 0 Å². The van der Waals surface area contributed by atoms with Crippen molar-refractivity contribution in [1.29, 1.82) is 0 Å². The first-order valence-electron chi connectivity index (χ1n) is 7.01. The second kappa shape index (κ2) is 5.63. The molecule has 3 rings (SSSR count). The van der Waals surface area contributed by atoms with Crippen molar-refractivity contribution in [2.45, 2.75) is 37.8 Å². The summed E-state index contributed by atoms with van der Waals surface area (Å²) in [6, 6.07) is 9.00. The number of fused-ring (bicyclic) bond motifs is 1. The number of halogens is 1. The van der Waals surface area contributed by atoms with Crippen molar-refractivity contribution in [3.8, 4) is 0 Å². The van der Waals surface area contributed by atoms with E-state index < -0.39 is 0 Å². The summed E-state index contributed by atoms with van der Waals surface area (Å²) < 4.78 is 1.06. The van der Waals surface area contributed by atoms with Gasteiger partial charge in [-0.15, -0.1) is 0 Å². The zero-order chi connectivity index (χ0) is 13.2. The van der Waals surface area contributed by atoms with E-state index in [2.05, 4.69) is 26.1 Å². The van der Waals surface area contributed by atoms with E-state index in [9.17, 15) is 4.79 Å². The van der Waals surface area contributed by atoms with Gasteiger partial charge in [0, 0.05) is 29.6 Å². The van der Waals surface area contributed by atoms with E-state index in [0.29, 0.717) is 18.5 Å². The number of rotatable bonds is 2. The van der Waals surface area contributed by atoms with Crippen molar-refractivity contribution in [3.63, 3.8) is 0 Å². The Hall–Kier alpha value is -0.870. The third kappa shape index (κ3) is 2.84. The number of hydrogen-bond acceptors (Lipinski definition) is 2. The normalized spacial score (nSPS) is 26.3. The molecule has 3 nitrogen and oxygen atoms in total. The molecular formula is C15H19BrN2O. The summed E-state index contributed by atoms with van der Waals surface area (Å²) in [4.78, 5) is 14.6. The van der Waals surface area contributed by atoms with Crippen LogP contribution in [0.15, 0.2) is 28.7 Å². The van der Waals surface area contributed by atoms with Crippen LogP contribution in [0, 0.1) is 0 Å². The van der Waals surface area contributed by atoms with Crippen LogP contribution >= 0.6 is 15.9 Å². The Labute approximate surface area is 122 Å². The molecule has 1 amide bonds. The molecule has 1 aliphatic carbocycles. The maximum Gasteiger partial charge on any atom is 0.227 e. The molecule has 1 N–H and O–H groups in total. The summed E-state index contributed by atoms with van der Waals surface area (Å²) in [6.07, 6.45) is 4.14. The molecule has 1 saturated carbocycles. The minimum absolute atomic E-state index is 0.278. The van der Waals surface area contributed by atoms with E-state index >= 15 is 0 Å². The van der Waals surface area contributed by atoms with E-state index in [0.717, 1.165) is 29.5 Å². The van der Waals surface area contributed by atoms with Crippen LogP contribution in [0.2, 0.25) is 0 Å². The molecule has 2 aliphatic rings. The largest absolute Gasteiger partial charge is 0.337 e. The van der Waals surface area contributed by atoms with Gasteiger partial charge in [0.25, 0.3) is 0 Å². The Bertz CT molecular complexity index is 460. The molecule has 0 spiro atoms. The van der Waals surface area contributed by atoms with Gasteiger partial charge in [0.2, 0.25) is 5.91 Å². The fourth-order valence-corrected chi connectivity index (χ4v) is 3.54. The molecule has 1 saturated heterocycles. The molecule has 1 aromatic rings. The molecule has 0 radical (unpaired) electrons. The topological polar surface area (TPSA) is 32.3 Å². The SMILES string of the molecule is O=C(Cc1ccc(Br)cc1)N1CCNC2CCCC21. The van der Waals surface area contributed by atoms with Crippen LogP contribution < -0.4 is 5.32 Å². The molecule has 2 atom stereocenters. The van der Waals surface area contributed by atoms with Crippen LogP contribution in [0.4, 0.5) is 0 Å². The molecule has 2 unspecified atom stereocenters. The van der Waals surface area contributed by atoms with Gasteiger partial charge in [-0.05, 0) is 37.0 Å². The summed E-state index contributed by atoms with van der Waals surface area (Å²) >= 11 is 3.42. The van der Waals surface area contributed by atoms with Gasteiger partial charge in [-0.2, -0.15) is 0 Å². The van der Waals surface area contributed by atoms with Crippen molar-refractivity contribution in [2.75, 3.05) is 13.1 Å². The number of piperazine rings is 1. The monoisotopic (exact) mass is 322 g/mol. The second-order valence-corrected chi connectivity index (χ2v) is 6.36. The lowest BCUT2D eigenvalue weighted by atomic mass is 10.1. The van der Waals surface area contributed by atoms with Gasteiger partial charge in [-0.3, -0.25) is 4.79 Å². The molecule has 2 fully saturated rings. The fourth-order valence-electron chi connectivity index (χ4n) is 3.28. The highest BCUT2D eigenvalue weighted by atomic mass is 79.9. The quantitative estimate of drug-likeness (QED) is 0.906. The summed E-state index contributed by atoms with van der Waals surface area (Å²) in [5.74, 6) is 0.278. The van der Waals surface area contributed by atoms with Gasteiger partial charge in [0.05, 0.1) is 6.42 Å². The Kier molecular flexibility index (Phi) is 3.89. The number of nitrogens with one attached hydrogen (secondary N) is 1. The Morgan fingerprint density at radius 2 is 2.11 bits per heavy atom. The highest BCUT2D eigenvalue weighted by Gasteiger charge is 2.36. The first-order chi connectivity index (χ1) is 9.24.